The molecule has 32 heteroatoms. The Hall–Kier alpha value is -1.99. The standard InChI is InChI=1S/C39H63NO31/c1-2-15(47)40-71-33-26(58)39-64-14(8-46)32(33)70-38-25(57)20(52)30(12(6-44)63-38)68-36-23(55)18(50)28(10(4-42)61-36)66-34-21(53)16(48)27(9(3-41)59-34)65-35-22(54)17(49)29(11(5-43)60-35)67-37-24(56)19(51)31(69-39)13(7-45)62-37/h2,9-14,16-39,41-46,48-58H,1,3-8H2,(H,40,47)/t9-,10-,11-,12-,13-,14-,16-,17-,18-,19-,20-,21-,22-,23-,24-,25-,26-,27-,28-,29-,30-,31-,32+,33-,34-,35-,36-,37-,38-,39-/m1/s1. The van der Waals surface area contributed by atoms with Crippen molar-refractivity contribution in [2.24, 2.45) is 0 Å². The smallest absolute Gasteiger partial charge is 0.266 e. The third kappa shape index (κ3) is 11.4. The molecule has 12 bridgehead atoms. The molecule has 71 heavy (non-hydrogen) atoms. The van der Waals surface area contributed by atoms with Crippen molar-refractivity contribution < 1.29 is 153 Å². The number of amides is 1. The van der Waals surface area contributed by atoms with E-state index in [0.717, 1.165) is 6.08 Å². The Morgan fingerprint density at radius 1 is 0.352 bits per heavy atom. The van der Waals surface area contributed by atoms with Gasteiger partial charge in [-0.25, -0.2) is 5.48 Å². The van der Waals surface area contributed by atoms with Gasteiger partial charge >= 0.3 is 0 Å². The lowest BCUT2D eigenvalue weighted by molar-refractivity contribution is -0.405. The van der Waals surface area contributed by atoms with E-state index < -0.39 is 230 Å². The first-order chi connectivity index (χ1) is 33.9. The number of carbonyl (C=O) groups excluding carboxylic acids is 1. The number of aliphatic hydroxyl groups excluding tert-OH is 17. The van der Waals surface area contributed by atoms with Gasteiger partial charge in [-0.3, -0.25) is 9.63 Å². The molecule has 30 atom stereocenters. The number of aliphatic hydroxyl groups is 17. The summed E-state index contributed by atoms with van der Waals surface area (Å²) in [6, 6.07) is 0. The first kappa shape index (κ1) is 56.7. The number of hydrogen-bond acceptors (Lipinski definition) is 31. The number of ether oxygens (including phenoxy) is 12. The quantitative estimate of drug-likeness (QED) is 0.0753. The van der Waals surface area contributed by atoms with E-state index in [4.69, 9.17) is 61.7 Å². The molecule has 0 saturated carbocycles. The maximum atomic E-state index is 12.3. The second-order valence-corrected chi connectivity index (χ2v) is 17.6. The molecule has 0 aliphatic carbocycles. The fourth-order valence-electron chi connectivity index (χ4n) is 9.21. The molecule has 0 aromatic carbocycles. The summed E-state index contributed by atoms with van der Waals surface area (Å²) in [5.74, 6) is -0.989. The Morgan fingerprint density at radius 2 is 0.563 bits per heavy atom. The zero-order chi connectivity index (χ0) is 51.7. The van der Waals surface area contributed by atoms with Crippen LogP contribution in [0.1, 0.15) is 0 Å². The van der Waals surface area contributed by atoms with Gasteiger partial charge in [0.2, 0.25) is 0 Å². The van der Waals surface area contributed by atoms with Gasteiger partial charge in [-0.15, -0.1) is 0 Å². The van der Waals surface area contributed by atoms with Crippen LogP contribution < -0.4 is 5.48 Å². The molecular formula is C39H63NO31. The largest absolute Gasteiger partial charge is 0.394 e. The molecule has 32 nitrogen and oxygen atoms in total. The van der Waals surface area contributed by atoms with Crippen LogP contribution in [0.5, 0.6) is 0 Å². The van der Waals surface area contributed by atoms with Gasteiger partial charge in [0.1, 0.15) is 146 Å². The summed E-state index contributed by atoms with van der Waals surface area (Å²) in [5, 5.41) is 187. The first-order valence-electron chi connectivity index (χ1n) is 22.4. The van der Waals surface area contributed by atoms with Crippen molar-refractivity contribution in [1.82, 2.24) is 5.48 Å². The van der Waals surface area contributed by atoms with E-state index in [1.54, 1.807) is 0 Å². The number of carbonyl (C=O) groups is 1. The van der Waals surface area contributed by atoms with E-state index in [1.807, 2.05) is 5.48 Å². The molecule has 22 saturated heterocycles. The van der Waals surface area contributed by atoms with Crippen LogP contribution in [-0.4, -0.2) is 317 Å². The van der Waals surface area contributed by atoms with E-state index in [-0.39, 0.29) is 0 Å². The Kier molecular flexibility index (Phi) is 19.4. The predicted molar refractivity (Wildman–Crippen MR) is 213 cm³/mol. The topological polar surface area (TPSA) is 493 Å². The lowest BCUT2D eigenvalue weighted by Crippen LogP contribution is -2.69. The molecule has 1 amide bonds. The molecule has 0 aromatic heterocycles. The summed E-state index contributed by atoms with van der Waals surface area (Å²) in [4.78, 5) is 17.7. The molecule has 22 fully saturated rings. The number of nitrogens with one attached hydrogen (secondary N) is 1. The third-order valence-electron chi connectivity index (χ3n) is 13.1. The maximum absolute atomic E-state index is 12.3. The Morgan fingerprint density at radius 3 is 0.789 bits per heavy atom. The third-order valence-corrected chi connectivity index (χ3v) is 13.1. The Balaban J connectivity index is 1.22. The van der Waals surface area contributed by atoms with Gasteiger partial charge in [0.05, 0.1) is 39.6 Å². The van der Waals surface area contributed by atoms with Crippen molar-refractivity contribution in [1.29, 1.82) is 0 Å². The SMILES string of the molecule is C=CC(=O)NO[C@@H]1[C@@H](O)[C@H]2O[C@H]3[C@H](O)[C@@H](O)[C@@H](O[C@H]4[C@H](O)[C@@H](O)[C@@H](O[C@H]5[C@H](O)[C@@H](O)[C@@H](O[C@H]6[C@H](O)[C@@H](O)[C@@H](O[C@H]7[C@H](O)[C@@H](O)[C@@H](O[C@H]1[C@@H](CO)O2)O[C@@H]7CO)O[C@@H]6CO)O[C@@H]5CO)O[C@@H]4CO)O[C@@H]3CO. The second kappa shape index (κ2) is 24.3. The minimum atomic E-state index is -2.20. The van der Waals surface area contributed by atoms with Crippen molar-refractivity contribution in [3.63, 3.8) is 0 Å². The fourth-order valence-corrected chi connectivity index (χ4v) is 9.21. The van der Waals surface area contributed by atoms with Crippen LogP contribution in [0.2, 0.25) is 0 Å². The van der Waals surface area contributed by atoms with Crippen LogP contribution in [-0.2, 0) is 66.5 Å². The van der Waals surface area contributed by atoms with Crippen molar-refractivity contribution in [2.45, 2.75) is 184 Å². The summed E-state index contributed by atoms with van der Waals surface area (Å²) >= 11 is 0. The summed E-state index contributed by atoms with van der Waals surface area (Å²) in [6.45, 7) is -2.87. The van der Waals surface area contributed by atoms with E-state index in [2.05, 4.69) is 6.58 Å². The zero-order valence-electron chi connectivity index (χ0n) is 37.2. The summed E-state index contributed by atoms with van der Waals surface area (Å²) < 4.78 is 68.7. The average Bonchev–Trinajstić information content (AvgIpc) is 3.36. The number of rotatable bonds is 9. The molecule has 410 valence electrons. The van der Waals surface area contributed by atoms with Gasteiger partial charge < -0.3 is 144 Å². The number of hydrogen-bond donors (Lipinski definition) is 18. The molecule has 0 spiro atoms. The van der Waals surface area contributed by atoms with Crippen LogP contribution in [0.25, 0.3) is 0 Å². The zero-order valence-corrected chi connectivity index (χ0v) is 37.2. The fraction of sp³-hybridized carbons (Fsp3) is 0.923. The van der Waals surface area contributed by atoms with Gasteiger partial charge in [0.25, 0.3) is 5.91 Å². The van der Waals surface area contributed by atoms with Crippen molar-refractivity contribution in [3.8, 4) is 0 Å². The Labute approximate surface area is 401 Å². The molecule has 22 rings (SSSR count). The van der Waals surface area contributed by atoms with Crippen LogP contribution in [0, 0.1) is 0 Å². The van der Waals surface area contributed by atoms with Crippen LogP contribution >= 0.6 is 0 Å². The maximum Gasteiger partial charge on any atom is 0.266 e. The molecule has 22 heterocycles. The van der Waals surface area contributed by atoms with Gasteiger partial charge in [-0.1, -0.05) is 6.58 Å². The Bertz CT molecular complexity index is 1700. The molecule has 22 aliphatic heterocycles. The van der Waals surface area contributed by atoms with Crippen LogP contribution in [0.3, 0.4) is 0 Å². The normalized spacial score (nSPS) is 52.1. The van der Waals surface area contributed by atoms with Crippen molar-refractivity contribution in [2.75, 3.05) is 39.6 Å². The van der Waals surface area contributed by atoms with E-state index in [9.17, 15) is 91.6 Å². The highest BCUT2D eigenvalue weighted by Gasteiger charge is 2.59. The molecule has 22 aliphatic rings. The lowest BCUT2D eigenvalue weighted by Gasteiger charge is -2.51. The summed E-state index contributed by atoms with van der Waals surface area (Å²) in [6.07, 6.45) is -58.5. The van der Waals surface area contributed by atoms with Gasteiger partial charge in [-0.2, -0.15) is 0 Å². The molecule has 0 radical (unpaired) electrons. The minimum Gasteiger partial charge on any atom is -0.394 e. The van der Waals surface area contributed by atoms with Gasteiger partial charge in [0.15, 0.2) is 37.7 Å². The minimum absolute atomic E-state index is 0.755. The lowest BCUT2D eigenvalue weighted by atomic mass is 9.94. The summed E-state index contributed by atoms with van der Waals surface area (Å²) in [5.41, 5.74) is 1.94. The van der Waals surface area contributed by atoms with Gasteiger partial charge in [0, 0.05) is 0 Å². The highest BCUT2D eigenvalue weighted by Crippen LogP contribution is 2.38. The highest BCUT2D eigenvalue weighted by atomic mass is 16.8. The van der Waals surface area contributed by atoms with Gasteiger partial charge in [-0.05, 0) is 6.08 Å². The predicted octanol–water partition coefficient (Wildman–Crippen LogP) is -12.8. The first-order valence-corrected chi connectivity index (χ1v) is 22.4. The average molecular weight is 1040 g/mol. The highest BCUT2D eigenvalue weighted by molar-refractivity contribution is 5.85. The molecule has 0 aromatic rings. The monoisotopic (exact) mass is 1040 g/mol. The molecule has 0 unspecified atom stereocenters. The molecular weight excluding hydrogens is 978 g/mol. The van der Waals surface area contributed by atoms with E-state index in [0.29, 0.717) is 0 Å². The molecule has 18 N–H and O–H groups in total. The van der Waals surface area contributed by atoms with Crippen LogP contribution in [0.15, 0.2) is 12.7 Å². The summed E-state index contributed by atoms with van der Waals surface area (Å²) in [7, 11) is 0. The van der Waals surface area contributed by atoms with Crippen molar-refractivity contribution >= 4 is 5.91 Å². The van der Waals surface area contributed by atoms with E-state index >= 15 is 0 Å². The van der Waals surface area contributed by atoms with Crippen molar-refractivity contribution in [3.05, 3.63) is 12.7 Å². The number of hydroxylamine groups is 1. The van der Waals surface area contributed by atoms with Crippen LogP contribution in [0.4, 0.5) is 0 Å². The second-order valence-electron chi connectivity index (χ2n) is 17.6. The van der Waals surface area contributed by atoms with E-state index in [1.165, 1.54) is 0 Å².